The summed E-state index contributed by atoms with van der Waals surface area (Å²) >= 11 is 0. The van der Waals surface area contributed by atoms with Crippen LogP contribution in [0.1, 0.15) is 38.2 Å². The predicted molar refractivity (Wildman–Crippen MR) is 75.3 cm³/mol. The molecule has 2 aromatic carbocycles. The number of aryl methyl sites for hydroxylation is 4. The van der Waals surface area contributed by atoms with Gasteiger partial charge in [-0.05, 0) is 51.0 Å². The molecule has 0 atom stereocenters. The standard InChI is InChI=1S/C17H18O/c1-11-8-12(2)10-15(9-11)17(18)16-13(3)6-5-7-14(16)4/h5-10H,1-4H3. The van der Waals surface area contributed by atoms with Crippen molar-refractivity contribution in [1.82, 2.24) is 0 Å². The molecule has 92 valence electrons. The average Bonchev–Trinajstić information content (AvgIpc) is 2.27. The van der Waals surface area contributed by atoms with Crippen LogP contribution in [0, 0.1) is 27.7 Å². The lowest BCUT2D eigenvalue weighted by Crippen LogP contribution is -2.06. The normalized spacial score (nSPS) is 10.4. The maximum Gasteiger partial charge on any atom is 0.193 e. The van der Waals surface area contributed by atoms with Crippen LogP contribution in [0.5, 0.6) is 0 Å². The predicted octanol–water partition coefficient (Wildman–Crippen LogP) is 4.15. The molecule has 0 unspecified atom stereocenters. The molecule has 0 heterocycles. The van der Waals surface area contributed by atoms with E-state index >= 15 is 0 Å². The van der Waals surface area contributed by atoms with Crippen LogP contribution in [0.25, 0.3) is 0 Å². The van der Waals surface area contributed by atoms with Gasteiger partial charge in [0.05, 0.1) is 0 Å². The van der Waals surface area contributed by atoms with Crippen LogP contribution in [0.15, 0.2) is 36.4 Å². The molecular weight excluding hydrogens is 220 g/mol. The molecule has 0 saturated heterocycles. The highest BCUT2D eigenvalue weighted by atomic mass is 16.1. The Hall–Kier alpha value is -1.89. The van der Waals surface area contributed by atoms with Crippen molar-refractivity contribution in [3.63, 3.8) is 0 Å². The van der Waals surface area contributed by atoms with Crippen molar-refractivity contribution in [2.75, 3.05) is 0 Å². The Labute approximate surface area is 108 Å². The van der Waals surface area contributed by atoms with Crippen molar-refractivity contribution in [3.05, 3.63) is 69.8 Å². The fourth-order valence-corrected chi connectivity index (χ4v) is 2.42. The van der Waals surface area contributed by atoms with Crippen molar-refractivity contribution in [3.8, 4) is 0 Å². The summed E-state index contributed by atoms with van der Waals surface area (Å²) in [5, 5.41) is 0. The lowest BCUT2D eigenvalue weighted by atomic mass is 9.93. The molecule has 0 bridgehead atoms. The van der Waals surface area contributed by atoms with Crippen molar-refractivity contribution < 1.29 is 4.79 Å². The highest BCUT2D eigenvalue weighted by Crippen LogP contribution is 2.19. The zero-order chi connectivity index (χ0) is 13.3. The summed E-state index contributed by atoms with van der Waals surface area (Å²) in [5.74, 6) is 0.123. The Morgan fingerprint density at radius 2 is 1.33 bits per heavy atom. The van der Waals surface area contributed by atoms with Gasteiger partial charge >= 0.3 is 0 Å². The van der Waals surface area contributed by atoms with Gasteiger partial charge in [-0.1, -0.05) is 35.4 Å². The SMILES string of the molecule is Cc1cc(C)cc(C(=O)c2c(C)cccc2C)c1. The molecule has 2 rings (SSSR count). The Bertz CT molecular complexity index is 569. The second kappa shape index (κ2) is 4.77. The molecule has 0 spiro atoms. The number of benzene rings is 2. The van der Waals surface area contributed by atoms with E-state index in [0.29, 0.717) is 0 Å². The van der Waals surface area contributed by atoms with Gasteiger partial charge in [-0.25, -0.2) is 0 Å². The summed E-state index contributed by atoms with van der Waals surface area (Å²) in [7, 11) is 0. The van der Waals surface area contributed by atoms with Gasteiger partial charge in [0.1, 0.15) is 0 Å². The molecule has 0 aliphatic heterocycles. The van der Waals surface area contributed by atoms with Crippen molar-refractivity contribution in [1.29, 1.82) is 0 Å². The second-order valence-corrected chi connectivity index (χ2v) is 4.97. The van der Waals surface area contributed by atoms with Crippen molar-refractivity contribution in [2.45, 2.75) is 27.7 Å². The summed E-state index contributed by atoms with van der Waals surface area (Å²) < 4.78 is 0. The largest absolute Gasteiger partial charge is 0.289 e. The van der Waals surface area contributed by atoms with E-state index in [1.165, 1.54) is 0 Å². The lowest BCUT2D eigenvalue weighted by molar-refractivity contribution is 0.103. The monoisotopic (exact) mass is 238 g/mol. The number of rotatable bonds is 2. The lowest BCUT2D eigenvalue weighted by Gasteiger charge is -2.10. The van der Waals surface area contributed by atoms with E-state index in [-0.39, 0.29) is 5.78 Å². The maximum absolute atomic E-state index is 12.6. The molecule has 1 nitrogen and oxygen atoms in total. The molecule has 0 aromatic heterocycles. The average molecular weight is 238 g/mol. The third kappa shape index (κ3) is 2.35. The first kappa shape index (κ1) is 12.6. The Morgan fingerprint density at radius 1 is 0.833 bits per heavy atom. The quantitative estimate of drug-likeness (QED) is 0.718. The fourth-order valence-electron chi connectivity index (χ4n) is 2.42. The molecule has 1 heteroatoms. The summed E-state index contributed by atoms with van der Waals surface area (Å²) in [6, 6.07) is 12.0. The highest BCUT2D eigenvalue weighted by molar-refractivity contribution is 6.11. The second-order valence-electron chi connectivity index (χ2n) is 4.97. The van der Waals surface area contributed by atoms with Gasteiger partial charge in [-0.15, -0.1) is 0 Å². The van der Waals surface area contributed by atoms with Gasteiger partial charge in [0, 0.05) is 11.1 Å². The van der Waals surface area contributed by atoms with Crippen LogP contribution in [0.2, 0.25) is 0 Å². The van der Waals surface area contributed by atoms with E-state index in [0.717, 1.165) is 33.4 Å². The Morgan fingerprint density at radius 3 is 1.83 bits per heavy atom. The van der Waals surface area contributed by atoms with E-state index in [1.54, 1.807) is 0 Å². The molecule has 0 aliphatic carbocycles. The molecule has 18 heavy (non-hydrogen) atoms. The Balaban J connectivity index is 2.55. The van der Waals surface area contributed by atoms with Gasteiger partial charge < -0.3 is 0 Å². The van der Waals surface area contributed by atoms with Crippen LogP contribution >= 0.6 is 0 Å². The minimum absolute atomic E-state index is 0.123. The van der Waals surface area contributed by atoms with Crippen LogP contribution in [0.3, 0.4) is 0 Å². The molecule has 0 aliphatic rings. The topological polar surface area (TPSA) is 17.1 Å². The van der Waals surface area contributed by atoms with Crippen LogP contribution < -0.4 is 0 Å². The van der Waals surface area contributed by atoms with Crippen LogP contribution in [-0.4, -0.2) is 5.78 Å². The van der Waals surface area contributed by atoms with Gasteiger partial charge in [-0.3, -0.25) is 4.79 Å². The first-order valence-electron chi connectivity index (χ1n) is 6.18. The first-order valence-corrected chi connectivity index (χ1v) is 6.18. The number of hydrogen-bond donors (Lipinski definition) is 0. The highest BCUT2D eigenvalue weighted by Gasteiger charge is 2.14. The molecule has 2 aromatic rings. The van der Waals surface area contributed by atoms with Gasteiger partial charge in [0.15, 0.2) is 5.78 Å². The zero-order valence-corrected chi connectivity index (χ0v) is 11.4. The zero-order valence-electron chi connectivity index (χ0n) is 11.4. The smallest absolute Gasteiger partial charge is 0.193 e. The maximum atomic E-state index is 12.6. The minimum atomic E-state index is 0.123. The minimum Gasteiger partial charge on any atom is -0.289 e. The Kier molecular flexibility index (Phi) is 3.33. The van der Waals surface area contributed by atoms with E-state index in [1.807, 2.05) is 58.0 Å². The van der Waals surface area contributed by atoms with Crippen LogP contribution in [0.4, 0.5) is 0 Å². The molecule has 0 amide bonds. The number of hydrogen-bond acceptors (Lipinski definition) is 1. The third-order valence-electron chi connectivity index (χ3n) is 3.19. The first-order chi connectivity index (χ1) is 8.49. The fraction of sp³-hybridized carbons (Fsp3) is 0.235. The molecule has 0 radical (unpaired) electrons. The summed E-state index contributed by atoms with van der Waals surface area (Å²) in [6.07, 6.45) is 0. The summed E-state index contributed by atoms with van der Waals surface area (Å²) in [5.41, 5.74) is 5.96. The molecule has 0 N–H and O–H groups in total. The summed E-state index contributed by atoms with van der Waals surface area (Å²) in [4.78, 5) is 12.6. The molecule has 0 fully saturated rings. The summed E-state index contributed by atoms with van der Waals surface area (Å²) in [6.45, 7) is 8.02. The van der Waals surface area contributed by atoms with Gasteiger partial charge in [0.25, 0.3) is 0 Å². The van der Waals surface area contributed by atoms with Crippen molar-refractivity contribution >= 4 is 5.78 Å². The number of ketones is 1. The van der Waals surface area contributed by atoms with Crippen molar-refractivity contribution in [2.24, 2.45) is 0 Å². The van der Waals surface area contributed by atoms with E-state index in [4.69, 9.17) is 0 Å². The molecule has 0 saturated carbocycles. The number of carbonyl (C=O) groups excluding carboxylic acids is 1. The number of carbonyl (C=O) groups is 1. The van der Waals surface area contributed by atoms with Gasteiger partial charge in [-0.2, -0.15) is 0 Å². The van der Waals surface area contributed by atoms with Crippen LogP contribution in [-0.2, 0) is 0 Å². The van der Waals surface area contributed by atoms with E-state index in [9.17, 15) is 4.79 Å². The van der Waals surface area contributed by atoms with E-state index in [2.05, 4.69) is 6.07 Å². The molecular formula is C17H18O. The third-order valence-corrected chi connectivity index (χ3v) is 3.19. The van der Waals surface area contributed by atoms with Gasteiger partial charge in [0.2, 0.25) is 0 Å². The van der Waals surface area contributed by atoms with E-state index < -0.39 is 0 Å².